The Morgan fingerprint density at radius 2 is 2.16 bits per heavy atom. The fourth-order valence-corrected chi connectivity index (χ4v) is 2.88. The summed E-state index contributed by atoms with van der Waals surface area (Å²) in [5.74, 6) is -0.709. The minimum Gasteiger partial charge on any atom is -0.464 e. The summed E-state index contributed by atoms with van der Waals surface area (Å²) in [6.07, 6.45) is -4.37. The highest BCUT2D eigenvalue weighted by Crippen LogP contribution is 2.27. The first-order valence-corrected chi connectivity index (χ1v) is 9.41. The van der Waals surface area contributed by atoms with Crippen molar-refractivity contribution in [1.29, 1.82) is 0 Å². The van der Waals surface area contributed by atoms with E-state index in [0.29, 0.717) is 10.7 Å². The normalized spacial score (nSPS) is 11.9. The number of alkyl halides is 4. The fraction of sp³-hybridized carbons (Fsp3) is 0.235. The third kappa shape index (κ3) is 5.81. The molecule has 0 saturated heterocycles. The van der Waals surface area contributed by atoms with Gasteiger partial charge in [0, 0.05) is 6.20 Å². The molecule has 14 heteroatoms. The van der Waals surface area contributed by atoms with Crippen molar-refractivity contribution in [3.05, 3.63) is 54.1 Å². The maximum absolute atomic E-state index is 13.1. The molecular weight excluding hydrogens is 444 g/mol. The molecule has 3 aromatic rings. The molecule has 0 N–H and O–H groups in total. The Morgan fingerprint density at radius 3 is 2.90 bits per heavy atom. The van der Waals surface area contributed by atoms with Crippen LogP contribution in [0.25, 0.3) is 0 Å². The number of benzene rings is 1. The van der Waals surface area contributed by atoms with Crippen LogP contribution >= 0.6 is 11.8 Å². The standard InChI is InChI=1S/C17H14F4N6O3S/c1-29-14(28)13-5-6-26(25-13)10-31-16-24-22-9-27(16)23-8-11-3-2-4-12(7-11)30-17(20,21)15(18)19/h2-9,15H,10H2,1H3/b23-8+. The van der Waals surface area contributed by atoms with Crippen LogP contribution in [0, 0.1) is 0 Å². The maximum atomic E-state index is 13.1. The lowest BCUT2D eigenvalue weighted by Crippen LogP contribution is -2.33. The summed E-state index contributed by atoms with van der Waals surface area (Å²) in [6.45, 7) is 0. The number of thioether (sulfide) groups is 1. The summed E-state index contributed by atoms with van der Waals surface area (Å²) in [5, 5.41) is 16.2. The molecule has 2 heterocycles. The molecule has 0 fully saturated rings. The number of esters is 1. The second-order valence-electron chi connectivity index (χ2n) is 5.75. The van der Waals surface area contributed by atoms with Crippen LogP contribution in [0.1, 0.15) is 16.1 Å². The highest BCUT2D eigenvalue weighted by Gasteiger charge is 2.43. The van der Waals surface area contributed by atoms with Crippen molar-refractivity contribution in [3.8, 4) is 5.75 Å². The van der Waals surface area contributed by atoms with Gasteiger partial charge in [0.2, 0.25) is 5.16 Å². The van der Waals surface area contributed by atoms with E-state index in [2.05, 4.69) is 29.9 Å². The van der Waals surface area contributed by atoms with E-state index < -0.39 is 24.3 Å². The Bertz CT molecular complexity index is 1070. The predicted octanol–water partition coefficient (Wildman–Crippen LogP) is 3.13. The van der Waals surface area contributed by atoms with Crippen molar-refractivity contribution in [2.24, 2.45) is 5.10 Å². The summed E-state index contributed by atoms with van der Waals surface area (Å²) in [7, 11) is 1.25. The van der Waals surface area contributed by atoms with Gasteiger partial charge in [-0.2, -0.15) is 32.4 Å². The number of hydrogen-bond acceptors (Lipinski definition) is 8. The number of rotatable bonds is 9. The number of nitrogens with zero attached hydrogens (tertiary/aromatic N) is 6. The van der Waals surface area contributed by atoms with Crippen LogP contribution in [0.15, 0.2) is 53.1 Å². The molecule has 0 spiro atoms. The minimum atomic E-state index is -4.60. The van der Waals surface area contributed by atoms with E-state index in [4.69, 9.17) is 0 Å². The van der Waals surface area contributed by atoms with Crippen molar-refractivity contribution in [3.63, 3.8) is 0 Å². The van der Waals surface area contributed by atoms with Gasteiger partial charge in [-0.3, -0.25) is 4.68 Å². The van der Waals surface area contributed by atoms with Crippen LogP contribution in [-0.4, -0.2) is 56.5 Å². The second kappa shape index (κ2) is 9.59. The van der Waals surface area contributed by atoms with E-state index in [9.17, 15) is 22.4 Å². The largest absolute Gasteiger partial charge is 0.464 e. The number of methoxy groups -OCH3 is 1. The van der Waals surface area contributed by atoms with Gasteiger partial charge >= 0.3 is 18.5 Å². The first-order chi connectivity index (χ1) is 14.8. The van der Waals surface area contributed by atoms with E-state index in [1.165, 1.54) is 59.0 Å². The molecule has 0 atom stereocenters. The second-order valence-corrected chi connectivity index (χ2v) is 6.66. The van der Waals surface area contributed by atoms with Gasteiger partial charge in [-0.15, -0.1) is 10.2 Å². The molecule has 1 aromatic carbocycles. The van der Waals surface area contributed by atoms with E-state index >= 15 is 0 Å². The lowest BCUT2D eigenvalue weighted by atomic mass is 10.2. The van der Waals surface area contributed by atoms with E-state index in [1.807, 2.05) is 0 Å². The molecular formula is C17H14F4N6O3S. The molecule has 164 valence electrons. The third-order valence-corrected chi connectivity index (χ3v) is 4.48. The van der Waals surface area contributed by atoms with Gasteiger partial charge in [-0.25, -0.2) is 4.79 Å². The van der Waals surface area contributed by atoms with Crippen molar-refractivity contribution < 1.29 is 31.8 Å². The maximum Gasteiger partial charge on any atom is 0.461 e. The predicted molar refractivity (Wildman–Crippen MR) is 100 cm³/mol. The fourth-order valence-electron chi connectivity index (χ4n) is 2.15. The highest BCUT2D eigenvalue weighted by atomic mass is 32.2. The van der Waals surface area contributed by atoms with Crippen LogP contribution in [0.3, 0.4) is 0 Å². The monoisotopic (exact) mass is 458 g/mol. The molecule has 0 aliphatic carbocycles. The third-order valence-electron chi connectivity index (χ3n) is 3.56. The number of aromatic nitrogens is 5. The lowest BCUT2D eigenvalue weighted by molar-refractivity contribution is -0.253. The van der Waals surface area contributed by atoms with Crippen LogP contribution in [-0.2, 0) is 10.6 Å². The zero-order valence-corrected chi connectivity index (χ0v) is 16.5. The molecule has 2 aromatic heterocycles. The van der Waals surface area contributed by atoms with Gasteiger partial charge in [-0.05, 0) is 23.8 Å². The van der Waals surface area contributed by atoms with Crippen LogP contribution in [0.4, 0.5) is 17.6 Å². The molecule has 31 heavy (non-hydrogen) atoms. The molecule has 0 bridgehead atoms. The van der Waals surface area contributed by atoms with Crippen LogP contribution in [0.2, 0.25) is 0 Å². The van der Waals surface area contributed by atoms with E-state index in [-0.39, 0.29) is 11.6 Å². The smallest absolute Gasteiger partial charge is 0.461 e. The molecule has 9 nitrogen and oxygen atoms in total. The zero-order valence-electron chi connectivity index (χ0n) is 15.7. The quantitative estimate of drug-likeness (QED) is 0.210. The molecule has 3 rings (SSSR count). The number of halogens is 4. The summed E-state index contributed by atoms with van der Waals surface area (Å²) >= 11 is 1.21. The number of carbonyl (C=O) groups is 1. The molecule has 0 saturated carbocycles. The molecule has 0 amide bonds. The SMILES string of the molecule is COC(=O)c1ccn(CSc2nncn2/N=C/c2cccc(OC(F)(F)C(F)F)c2)n1. The van der Waals surface area contributed by atoms with Crippen LogP contribution in [0.5, 0.6) is 5.75 Å². The van der Waals surface area contributed by atoms with Gasteiger partial charge in [0.1, 0.15) is 12.1 Å². The van der Waals surface area contributed by atoms with E-state index in [0.717, 1.165) is 12.1 Å². The number of carbonyl (C=O) groups excluding carboxylic acids is 1. The van der Waals surface area contributed by atoms with Gasteiger partial charge in [-0.1, -0.05) is 23.9 Å². The topological polar surface area (TPSA) is 96.4 Å². The Hall–Kier alpha value is -3.42. The average Bonchev–Trinajstić information content (AvgIpc) is 3.39. The summed E-state index contributed by atoms with van der Waals surface area (Å²) in [6, 6.07) is 6.64. The van der Waals surface area contributed by atoms with Gasteiger partial charge in [0.05, 0.1) is 19.2 Å². The molecule has 0 radical (unpaired) electrons. The summed E-state index contributed by atoms with van der Waals surface area (Å²) in [4.78, 5) is 11.4. The molecule has 0 unspecified atom stereocenters. The first-order valence-electron chi connectivity index (χ1n) is 8.42. The average molecular weight is 458 g/mol. The molecule has 0 aliphatic heterocycles. The Kier molecular flexibility index (Phi) is 6.89. The van der Waals surface area contributed by atoms with Crippen molar-refractivity contribution in [2.75, 3.05) is 7.11 Å². The first kappa shape index (κ1) is 22.3. The van der Waals surface area contributed by atoms with Gasteiger partial charge in [0.15, 0.2) is 5.69 Å². The minimum absolute atomic E-state index is 0.155. The lowest BCUT2D eigenvalue weighted by Gasteiger charge is -2.16. The molecule has 0 aliphatic rings. The summed E-state index contributed by atoms with van der Waals surface area (Å²) < 4.78 is 62.1. The number of hydrogen-bond donors (Lipinski definition) is 0. The van der Waals surface area contributed by atoms with E-state index in [1.54, 1.807) is 6.20 Å². The van der Waals surface area contributed by atoms with Gasteiger partial charge in [0.25, 0.3) is 0 Å². The number of ether oxygens (including phenoxy) is 2. The Balaban J connectivity index is 1.65. The van der Waals surface area contributed by atoms with Crippen molar-refractivity contribution in [2.45, 2.75) is 23.6 Å². The zero-order chi connectivity index (χ0) is 22.4. The van der Waals surface area contributed by atoms with Crippen molar-refractivity contribution in [1.82, 2.24) is 24.7 Å². The van der Waals surface area contributed by atoms with Gasteiger partial charge < -0.3 is 9.47 Å². The Morgan fingerprint density at radius 1 is 1.35 bits per heavy atom. The summed E-state index contributed by atoms with van der Waals surface area (Å²) in [5.41, 5.74) is 0.476. The van der Waals surface area contributed by atoms with Crippen LogP contribution < -0.4 is 4.74 Å². The highest BCUT2D eigenvalue weighted by molar-refractivity contribution is 7.98. The Labute approximate surface area is 176 Å². The van der Waals surface area contributed by atoms with Crippen molar-refractivity contribution >= 4 is 23.9 Å².